The monoisotopic (exact) mass is 334 g/mol. The molecule has 0 spiro atoms. The highest BCUT2D eigenvalue weighted by atomic mass is 79.9. The van der Waals surface area contributed by atoms with E-state index in [4.69, 9.17) is 0 Å². The molecule has 0 aliphatic heterocycles. The van der Waals surface area contributed by atoms with E-state index in [2.05, 4.69) is 21.2 Å². The molecule has 0 aromatic heterocycles. The van der Waals surface area contributed by atoms with Gasteiger partial charge in [-0.25, -0.2) is 0 Å². The number of para-hydroxylation sites is 2. The van der Waals surface area contributed by atoms with Gasteiger partial charge in [-0.2, -0.15) is 0 Å². The molecule has 0 saturated heterocycles. The van der Waals surface area contributed by atoms with E-state index < -0.39 is 10.8 Å². The van der Waals surface area contributed by atoms with Crippen LogP contribution in [0.3, 0.4) is 0 Å². The van der Waals surface area contributed by atoms with Crippen LogP contribution in [0.4, 0.5) is 11.4 Å². The van der Waals surface area contributed by atoms with Gasteiger partial charge in [0, 0.05) is 17.1 Å². The standard InChI is InChI=1S/C14H11BrN2O3/c15-9-10-5-1-3-7-12(10)16-14(18)11-6-2-4-8-13(11)17(19)20/h1-8H,9H2,(H,16,18). The van der Waals surface area contributed by atoms with E-state index >= 15 is 0 Å². The van der Waals surface area contributed by atoms with Gasteiger partial charge in [0.2, 0.25) is 0 Å². The number of nitrogens with zero attached hydrogens (tertiary/aromatic N) is 1. The lowest BCUT2D eigenvalue weighted by atomic mass is 10.1. The normalized spacial score (nSPS) is 10.1. The van der Waals surface area contributed by atoms with Crippen molar-refractivity contribution in [1.29, 1.82) is 0 Å². The van der Waals surface area contributed by atoms with Crippen LogP contribution < -0.4 is 5.32 Å². The van der Waals surface area contributed by atoms with Gasteiger partial charge in [-0.3, -0.25) is 14.9 Å². The molecule has 0 bridgehead atoms. The Morgan fingerprint density at radius 1 is 1.15 bits per heavy atom. The Balaban J connectivity index is 2.31. The Morgan fingerprint density at radius 2 is 1.80 bits per heavy atom. The van der Waals surface area contributed by atoms with E-state index in [-0.39, 0.29) is 11.3 Å². The van der Waals surface area contributed by atoms with Crippen molar-refractivity contribution < 1.29 is 9.72 Å². The molecule has 0 unspecified atom stereocenters. The van der Waals surface area contributed by atoms with Crippen LogP contribution in [0.5, 0.6) is 0 Å². The third-order valence-corrected chi connectivity index (χ3v) is 3.36. The Bertz CT molecular complexity index is 658. The fourth-order valence-corrected chi connectivity index (χ4v) is 2.26. The van der Waals surface area contributed by atoms with E-state index in [1.807, 2.05) is 12.1 Å². The fourth-order valence-electron chi connectivity index (χ4n) is 1.77. The van der Waals surface area contributed by atoms with E-state index in [1.54, 1.807) is 18.2 Å². The SMILES string of the molecule is O=C(Nc1ccccc1CBr)c1ccccc1[N+](=O)[O-]. The zero-order valence-corrected chi connectivity index (χ0v) is 12.0. The van der Waals surface area contributed by atoms with Gasteiger partial charge in [0.15, 0.2) is 0 Å². The summed E-state index contributed by atoms with van der Waals surface area (Å²) in [6.45, 7) is 0. The minimum absolute atomic E-state index is 0.0434. The summed E-state index contributed by atoms with van der Waals surface area (Å²) in [4.78, 5) is 22.5. The van der Waals surface area contributed by atoms with Crippen molar-refractivity contribution in [3.63, 3.8) is 0 Å². The smallest absolute Gasteiger partial charge is 0.282 e. The molecule has 0 aliphatic rings. The number of anilines is 1. The second-order valence-electron chi connectivity index (χ2n) is 4.02. The maximum absolute atomic E-state index is 12.2. The molecule has 2 aromatic rings. The molecular weight excluding hydrogens is 324 g/mol. The average Bonchev–Trinajstić information content (AvgIpc) is 2.47. The summed E-state index contributed by atoms with van der Waals surface area (Å²) >= 11 is 3.33. The number of rotatable bonds is 4. The summed E-state index contributed by atoms with van der Waals surface area (Å²) in [5, 5.41) is 14.2. The summed E-state index contributed by atoms with van der Waals surface area (Å²) < 4.78 is 0. The first-order chi connectivity index (χ1) is 9.63. The number of carbonyl (C=O) groups excluding carboxylic acids is 1. The van der Waals surface area contributed by atoms with Crippen LogP contribution >= 0.6 is 15.9 Å². The Morgan fingerprint density at radius 3 is 2.50 bits per heavy atom. The van der Waals surface area contributed by atoms with E-state index in [9.17, 15) is 14.9 Å². The fraction of sp³-hybridized carbons (Fsp3) is 0.0714. The average molecular weight is 335 g/mol. The lowest BCUT2D eigenvalue weighted by Crippen LogP contribution is -2.14. The summed E-state index contributed by atoms with van der Waals surface area (Å²) in [6, 6.07) is 13.1. The number of hydrogen-bond donors (Lipinski definition) is 1. The summed E-state index contributed by atoms with van der Waals surface area (Å²) in [5.41, 5.74) is 1.37. The molecule has 20 heavy (non-hydrogen) atoms. The second-order valence-corrected chi connectivity index (χ2v) is 4.58. The van der Waals surface area contributed by atoms with Crippen molar-refractivity contribution in [1.82, 2.24) is 0 Å². The maximum atomic E-state index is 12.2. The lowest BCUT2D eigenvalue weighted by Gasteiger charge is -2.09. The van der Waals surface area contributed by atoms with Crippen LogP contribution in [0.1, 0.15) is 15.9 Å². The van der Waals surface area contributed by atoms with Crippen LogP contribution in [0.25, 0.3) is 0 Å². The van der Waals surface area contributed by atoms with Crippen LogP contribution in [0.15, 0.2) is 48.5 Å². The third-order valence-electron chi connectivity index (χ3n) is 2.75. The Labute approximate surface area is 123 Å². The molecule has 0 saturated carbocycles. The minimum atomic E-state index is -0.564. The maximum Gasteiger partial charge on any atom is 0.282 e. The number of nitro benzene ring substituents is 1. The van der Waals surface area contributed by atoms with Crippen LogP contribution in [0, 0.1) is 10.1 Å². The highest BCUT2D eigenvalue weighted by molar-refractivity contribution is 9.08. The largest absolute Gasteiger partial charge is 0.321 e. The molecule has 6 heteroatoms. The number of alkyl halides is 1. The molecule has 0 aliphatic carbocycles. The molecule has 102 valence electrons. The first-order valence-corrected chi connectivity index (χ1v) is 6.94. The predicted octanol–water partition coefficient (Wildman–Crippen LogP) is 3.74. The van der Waals surface area contributed by atoms with E-state index in [0.29, 0.717) is 11.0 Å². The number of nitro groups is 1. The number of nitrogens with one attached hydrogen (secondary N) is 1. The Kier molecular flexibility index (Phi) is 4.47. The number of hydrogen-bond acceptors (Lipinski definition) is 3. The molecule has 2 rings (SSSR count). The number of carbonyl (C=O) groups is 1. The highest BCUT2D eigenvalue weighted by Gasteiger charge is 2.19. The molecule has 1 N–H and O–H groups in total. The highest BCUT2D eigenvalue weighted by Crippen LogP contribution is 2.22. The van der Waals surface area contributed by atoms with Crippen molar-refractivity contribution in [2.45, 2.75) is 5.33 Å². The molecule has 0 radical (unpaired) electrons. The predicted molar refractivity (Wildman–Crippen MR) is 80.1 cm³/mol. The molecule has 2 aromatic carbocycles. The second kappa shape index (κ2) is 6.29. The van der Waals surface area contributed by atoms with Crippen molar-refractivity contribution in [2.75, 3.05) is 5.32 Å². The molecule has 0 atom stereocenters. The van der Waals surface area contributed by atoms with Gasteiger partial charge in [0.1, 0.15) is 5.56 Å². The molecule has 0 heterocycles. The van der Waals surface area contributed by atoms with E-state index in [1.165, 1.54) is 18.2 Å². The first-order valence-electron chi connectivity index (χ1n) is 5.82. The minimum Gasteiger partial charge on any atom is -0.321 e. The number of benzene rings is 2. The van der Waals surface area contributed by atoms with Gasteiger partial charge >= 0.3 is 0 Å². The topological polar surface area (TPSA) is 72.2 Å². The van der Waals surface area contributed by atoms with Crippen molar-refractivity contribution >= 4 is 33.2 Å². The van der Waals surface area contributed by atoms with Gasteiger partial charge in [0.05, 0.1) is 4.92 Å². The first kappa shape index (κ1) is 14.2. The molecule has 5 nitrogen and oxygen atoms in total. The van der Waals surface area contributed by atoms with Crippen LogP contribution in [-0.4, -0.2) is 10.8 Å². The number of amides is 1. The van der Waals surface area contributed by atoms with Gasteiger partial charge in [-0.05, 0) is 17.7 Å². The molecular formula is C14H11BrN2O3. The van der Waals surface area contributed by atoms with Crippen LogP contribution in [0.2, 0.25) is 0 Å². The van der Waals surface area contributed by atoms with E-state index in [0.717, 1.165) is 5.56 Å². The Hall–Kier alpha value is -2.21. The third kappa shape index (κ3) is 3.03. The molecule has 0 fully saturated rings. The summed E-state index contributed by atoms with van der Waals surface area (Å²) in [7, 11) is 0. The van der Waals surface area contributed by atoms with Crippen molar-refractivity contribution in [3.05, 3.63) is 69.8 Å². The quantitative estimate of drug-likeness (QED) is 0.525. The number of halogens is 1. The van der Waals surface area contributed by atoms with Crippen LogP contribution in [-0.2, 0) is 5.33 Å². The van der Waals surface area contributed by atoms with Gasteiger partial charge in [-0.1, -0.05) is 46.3 Å². The summed E-state index contributed by atoms with van der Waals surface area (Å²) in [6.07, 6.45) is 0. The van der Waals surface area contributed by atoms with Crippen molar-refractivity contribution in [3.8, 4) is 0 Å². The molecule has 1 amide bonds. The lowest BCUT2D eigenvalue weighted by molar-refractivity contribution is -0.385. The van der Waals surface area contributed by atoms with Gasteiger partial charge in [-0.15, -0.1) is 0 Å². The van der Waals surface area contributed by atoms with Gasteiger partial charge < -0.3 is 5.32 Å². The van der Waals surface area contributed by atoms with Gasteiger partial charge in [0.25, 0.3) is 11.6 Å². The van der Waals surface area contributed by atoms with Crippen molar-refractivity contribution in [2.24, 2.45) is 0 Å². The zero-order chi connectivity index (χ0) is 14.5. The summed E-state index contributed by atoms with van der Waals surface area (Å²) in [5.74, 6) is -0.495. The zero-order valence-electron chi connectivity index (χ0n) is 10.4.